The van der Waals surface area contributed by atoms with Crippen molar-refractivity contribution in [1.29, 1.82) is 0 Å². The van der Waals surface area contributed by atoms with Crippen molar-refractivity contribution in [2.75, 3.05) is 0 Å². The van der Waals surface area contributed by atoms with Crippen LogP contribution in [0.4, 0.5) is 0 Å². The molecule has 216 valence electrons. The number of aromatic nitrogens is 3. The quantitative estimate of drug-likeness (QED) is 0.185. The number of imidazole rings is 1. The molecule has 0 N–H and O–H groups in total. The van der Waals surface area contributed by atoms with E-state index in [1.165, 1.54) is 82.3 Å². The van der Waals surface area contributed by atoms with Crippen LogP contribution in [0.5, 0.6) is 0 Å². The molecule has 7 aromatic rings. The predicted octanol–water partition coefficient (Wildman–Crippen LogP) is 9.19. The van der Waals surface area contributed by atoms with Gasteiger partial charge in [0.1, 0.15) is 5.69 Å². The Balaban J connectivity index is 1.52. The van der Waals surface area contributed by atoms with E-state index < -0.39 is 5.54 Å². The third-order valence-corrected chi connectivity index (χ3v) is 11.5. The van der Waals surface area contributed by atoms with Gasteiger partial charge in [-0.25, -0.2) is 0 Å². The van der Waals surface area contributed by atoms with Crippen LogP contribution in [-0.2, 0) is 5.54 Å². The summed E-state index contributed by atoms with van der Waals surface area (Å²) in [7, 11) is 0. The summed E-state index contributed by atoms with van der Waals surface area (Å²) in [5.41, 5.74) is 12.8. The fourth-order valence-corrected chi connectivity index (χ4v) is 9.85. The molecule has 1 atom stereocenters. The van der Waals surface area contributed by atoms with E-state index in [-0.39, 0.29) is 0 Å². The van der Waals surface area contributed by atoms with Crippen LogP contribution in [0.2, 0.25) is 0 Å². The summed E-state index contributed by atoms with van der Waals surface area (Å²) in [6.45, 7) is 9.36. The molecule has 0 fully saturated rings. The van der Waals surface area contributed by atoms with E-state index in [9.17, 15) is 0 Å². The monoisotopic (exact) mass is 599 g/mol. The van der Waals surface area contributed by atoms with Crippen LogP contribution in [0.25, 0.3) is 44.4 Å². The van der Waals surface area contributed by atoms with Crippen LogP contribution in [0, 0.1) is 0 Å². The van der Waals surface area contributed by atoms with E-state index in [0.717, 1.165) is 0 Å². The third-order valence-electron chi connectivity index (χ3n) is 10.4. The lowest BCUT2D eigenvalue weighted by Crippen LogP contribution is -2.57. The van der Waals surface area contributed by atoms with Gasteiger partial charge in [0.25, 0.3) is 0 Å². The molecule has 2 aromatic heterocycles. The maximum Gasteiger partial charge on any atom is 0.352 e. The molecule has 3 nitrogen and oxygen atoms in total. The Morgan fingerprint density at radius 1 is 0.711 bits per heavy atom. The first-order valence-corrected chi connectivity index (χ1v) is 16.9. The zero-order valence-electron chi connectivity index (χ0n) is 25.9. The lowest BCUT2D eigenvalue weighted by Gasteiger charge is -2.23. The zero-order valence-corrected chi connectivity index (χ0v) is 26.7. The van der Waals surface area contributed by atoms with Crippen molar-refractivity contribution in [3.63, 3.8) is 0 Å². The molecule has 5 aromatic carbocycles. The maximum absolute atomic E-state index is 2.68. The van der Waals surface area contributed by atoms with Gasteiger partial charge in [-0.3, -0.25) is 0 Å². The number of hydrogen-bond donors (Lipinski definition) is 0. The van der Waals surface area contributed by atoms with Crippen molar-refractivity contribution in [2.45, 2.75) is 54.9 Å². The average molecular weight is 600 g/mol. The molecule has 3 aliphatic heterocycles. The van der Waals surface area contributed by atoms with Gasteiger partial charge in [-0.05, 0) is 52.9 Å². The highest BCUT2D eigenvalue weighted by molar-refractivity contribution is 8.00. The fraction of sp³-hybridized carbons (Fsp3) is 0.171. The second-order valence-electron chi connectivity index (χ2n) is 13.3. The standard InChI is InChI=1S/C41H33N3S/c1-24(2)27-16-11-17-28(25(3)4)36(27)43-34-20-12-21-35-38(34)44-37-32(23-26-13-5-6-14-29(26)39(37)45-35)41(40(43)44)31-18-8-7-15-30(31)33-19-9-10-22-42(33)41/h5-25H,1-4H3/q+2. The third kappa shape index (κ3) is 2.95. The van der Waals surface area contributed by atoms with Crippen molar-refractivity contribution >= 4 is 33.6 Å². The molecule has 5 heterocycles. The Morgan fingerprint density at radius 2 is 1.44 bits per heavy atom. The molecule has 1 spiro atoms. The number of benzene rings is 5. The summed E-state index contributed by atoms with van der Waals surface area (Å²) in [5, 5.41) is 2.61. The minimum absolute atomic E-state index is 0.369. The second-order valence-corrected chi connectivity index (χ2v) is 14.4. The minimum Gasteiger partial charge on any atom is -0.184 e. The molecular weight excluding hydrogens is 567 g/mol. The molecule has 0 radical (unpaired) electrons. The largest absolute Gasteiger partial charge is 0.352 e. The molecule has 0 amide bonds. The van der Waals surface area contributed by atoms with Gasteiger partial charge in [0.15, 0.2) is 22.9 Å². The average Bonchev–Trinajstić information content (AvgIpc) is 3.67. The minimum atomic E-state index is -0.555. The van der Waals surface area contributed by atoms with E-state index in [2.05, 4.69) is 157 Å². The van der Waals surface area contributed by atoms with Gasteiger partial charge in [-0.1, -0.05) is 106 Å². The van der Waals surface area contributed by atoms with Crippen LogP contribution in [0.3, 0.4) is 0 Å². The molecule has 3 aliphatic rings. The number of pyridine rings is 1. The Kier molecular flexibility index (Phi) is 4.98. The Labute approximate surface area is 267 Å². The van der Waals surface area contributed by atoms with Crippen LogP contribution in [0.15, 0.2) is 125 Å². The van der Waals surface area contributed by atoms with Gasteiger partial charge in [0.05, 0.1) is 26.5 Å². The Bertz CT molecular complexity index is 2360. The normalized spacial score (nSPS) is 16.8. The Hall–Kier alpha value is -4.67. The molecule has 4 heteroatoms. The number of nitrogens with zero attached hydrogens (tertiary/aromatic N) is 3. The molecule has 0 saturated heterocycles. The first-order valence-electron chi connectivity index (χ1n) is 16.1. The summed E-state index contributed by atoms with van der Waals surface area (Å²) in [5.74, 6) is 2.04. The van der Waals surface area contributed by atoms with Crippen molar-refractivity contribution in [3.8, 4) is 22.6 Å². The number of hydrogen-bond acceptors (Lipinski definition) is 1. The molecule has 10 rings (SSSR count). The zero-order chi connectivity index (χ0) is 30.2. The van der Waals surface area contributed by atoms with E-state index in [4.69, 9.17) is 0 Å². The fourth-order valence-electron chi connectivity index (χ4n) is 8.60. The van der Waals surface area contributed by atoms with Crippen LogP contribution < -0.4 is 9.13 Å². The predicted molar refractivity (Wildman–Crippen MR) is 182 cm³/mol. The van der Waals surface area contributed by atoms with Gasteiger partial charge < -0.3 is 0 Å². The summed E-state index contributed by atoms with van der Waals surface area (Å²) < 4.78 is 7.91. The molecule has 45 heavy (non-hydrogen) atoms. The number of fused-ring (bicyclic) bond motifs is 9. The Morgan fingerprint density at radius 3 is 2.27 bits per heavy atom. The summed E-state index contributed by atoms with van der Waals surface area (Å²) >= 11 is 1.94. The van der Waals surface area contributed by atoms with E-state index in [1.807, 2.05) is 11.8 Å². The van der Waals surface area contributed by atoms with Gasteiger partial charge in [0, 0.05) is 23.3 Å². The first-order chi connectivity index (χ1) is 22.0. The van der Waals surface area contributed by atoms with E-state index in [1.54, 1.807) is 0 Å². The summed E-state index contributed by atoms with van der Waals surface area (Å²) in [6, 6.07) is 41.2. The van der Waals surface area contributed by atoms with Gasteiger partial charge in [-0.2, -0.15) is 13.7 Å². The number of rotatable bonds is 3. The highest BCUT2D eigenvalue weighted by Gasteiger charge is 2.69. The number of para-hydroxylation sites is 2. The second kappa shape index (κ2) is 8.74. The van der Waals surface area contributed by atoms with Crippen molar-refractivity contribution in [2.24, 2.45) is 0 Å². The van der Waals surface area contributed by atoms with Gasteiger partial charge >= 0.3 is 11.4 Å². The van der Waals surface area contributed by atoms with E-state index >= 15 is 0 Å². The molecular formula is C41H33N3S+2. The van der Waals surface area contributed by atoms with Crippen molar-refractivity contribution in [3.05, 3.63) is 143 Å². The van der Waals surface area contributed by atoms with E-state index in [0.29, 0.717) is 11.8 Å². The molecule has 0 aliphatic carbocycles. The van der Waals surface area contributed by atoms with Crippen LogP contribution >= 0.6 is 11.8 Å². The SMILES string of the molecule is CC(C)c1cccc(C(C)C)c1-n1c2[n+]3c4c(cccc41)Sc1c-3c(cc3ccccc13)C21c2ccccc2-c2cccc[n+]21. The first kappa shape index (κ1) is 25.6. The summed E-state index contributed by atoms with van der Waals surface area (Å²) in [4.78, 5) is 2.67. The maximum atomic E-state index is 2.68. The topological polar surface area (TPSA) is 12.7 Å². The van der Waals surface area contributed by atoms with Crippen molar-refractivity contribution < 1.29 is 9.13 Å². The highest BCUT2D eigenvalue weighted by Crippen LogP contribution is 2.57. The van der Waals surface area contributed by atoms with Crippen LogP contribution in [0.1, 0.15) is 67.6 Å². The van der Waals surface area contributed by atoms with Crippen LogP contribution in [-0.4, -0.2) is 4.57 Å². The lowest BCUT2D eigenvalue weighted by molar-refractivity contribution is -0.733. The smallest absolute Gasteiger partial charge is 0.184 e. The summed E-state index contributed by atoms with van der Waals surface area (Å²) in [6.07, 6.45) is 2.31. The molecule has 1 unspecified atom stereocenters. The molecule has 0 saturated carbocycles. The van der Waals surface area contributed by atoms with Crippen molar-refractivity contribution in [1.82, 2.24) is 4.57 Å². The highest BCUT2D eigenvalue weighted by atomic mass is 32.2. The molecule has 0 bridgehead atoms. The lowest BCUT2D eigenvalue weighted by atomic mass is 9.82. The van der Waals surface area contributed by atoms with Gasteiger partial charge in [0.2, 0.25) is 5.69 Å². The van der Waals surface area contributed by atoms with Gasteiger partial charge in [-0.15, -0.1) is 0 Å².